The average Bonchev–Trinajstić information content (AvgIpc) is 2.95. The summed E-state index contributed by atoms with van der Waals surface area (Å²) in [6.07, 6.45) is 1.63. The van der Waals surface area contributed by atoms with Gasteiger partial charge < -0.3 is 19.5 Å². The second-order valence-corrected chi connectivity index (χ2v) is 5.14. The number of hydrogen-bond acceptors (Lipinski definition) is 4. The van der Waals surface area contributed by atoms with Crippen molar-refractivity contribution in [3.8, 4) is 5.75 Å². The van der Waals surface area contributed by atoms with Gasteiger partial charge in [-0.2, -0.15) is 8.78 Å². The molecule has 1 aromatic carbocycles. The molecule has 0 fully saturated rings. The normalized spacial score (nSPS) is 11.2. The van der Waals surface area contributed by atoms with Crippen molar-refractivity contribution in [3.05, 3.63) is 42.0 Å². The van der Waals surface area contributed by atoms with Gasteiger partial charge in [-0.1, -0.05) is 12.1 Å². The van der Waals surface area contributed by atoms with Gasteiger partial charge in [0.15, 0.2) is 11.8 Å². The minimum Gasteiger partial charge on any atom is -0.435 e. The summed E-state index contributed by atoms with van der Waals surface area (Å²) < 4.78 is 30.5. The predicted molar refractivity (Wildman–Crippen MR) is 101 cm³/mol. The molecule has 0 unspecified atom stereocenters. The van der Waals surface area contributed by atoms with Crippen LogP contribution in [0, 0.1) is 0 Å². The fourth-order valence-electron chi connectivity index (χ4n) is 2.14. The number of nitrogens with zero attached hydrogens (tertiary/aromatic N) is 5. The molecule has 1 N–H and O–H groups in total. The SMILES string of the molecule is CN=C(NCc1nncn1C)N(C)Cc1ccc(OC(F)F)cc1.I. The Hall–Kier alpha value is -1.98. The summed E-state index contributed by atoms with van der Waals surface area (Å²) in [7, 11) is 5.44. The molecular formula is C15H21F2IN6O. The lowest BCUT2D eigenvalue weighted by atomic mass is 10.2. The van der Waals surface area contributed by atoms with Crippen LogP contribution < -0.4 is 10.1 Å². The van der Waals surface area contributed by atoms with E-state index in [1.165, 1.54) is 12.1 Å². The van der Waals surface area contributed by atoms with Crippen LogP contribution in [0.15, 0.2) is 35.6 Å². The number of aliphatic imine (C=N–C) groups is 1. The highest BCUT2D eigenvalue weighted by Gasteiger charge is 2.09. The maximum Gasteiger partial charge on any atom is 0.387 e. The van der Waals surface area contributed by atoms with E-state index < -0.39 is 6.61 Å². The summed E-state index contributed by atoms with van der Waals surface area (Å²) in [5.74, 6) is 1.62. The Morgan fingerprint density at radius 1 is 1.36 bits per heavy atom. The first-order valence-electron chi connectivity index (χ1n) is 7.28. The number of aromatic nitrogens is 3. The Bertz CT molecular complexity index is 677. The number of halogens is 3. The summed E-state index contributed by atoms with van der Waals surface area (Å²) in [6, 6.07) is 6.52. The molecule has 0 aliphatic rings. The number of aryl methyl sites for hydroxylation is 1. The molecule has 138 valence electrons. The van der Waals surface area contributed by atoms with Gasteiger partial charge in [0.2, 0.25) is 0 Å². The minimum absolute atomic E-state index is 0. The fourth-order valence-corrected chi connectivity index (χ4v) is 2.14. The summed E-state index contributed by atoms with van der Waals surface area (Å²) in [4.78, 5) is 6.14. The van der Waals surface area contributed by atoms with Crippen LogP contribution in [0.1, 0.15) is 11.4 Å². The van der Waals surface area contributed by atoms with Gasteiger partial charge in [-0.15, -0.1) is 34.2 Å². The number of nitrogens with one attached hydrogen (secondary N) is 1. The van der Waals surface area contributed by atoms with Gasteiger partial charge in [-0.05, 0) is 17.7 Å². The summed E-state index contributed by atoms with van der Waals surface area (Å²) in [5.41, 5.74) is 0.945. The number of alkyl halides is 2. The molecule has 10 heteroatoms. The molecule has 0 aliphatic heterocycles. The highest BCUT2D eigenvalue weighted by atomic mass is 127. The molecule has 25 heavy (non-hydrogen) atoms. The van der Waals surface area contributed by atoms with Crippen LogP contribution in [0.4, 0.5) is 8.78 Å². The number of rotatable bonds is 6. The van der Waals surface area contributed by atoms with Gasteiger partial charge in [0, 0.05) is 27.7 Å². The zero-order valence-corrected chi connectivity index (χ0v) is 16.5. The lowest BCUT2D eigenvalue weighted by Gasteiger charge is -2.22. The molecule has 0 saturated carbocycles. The van der Waals surface area contributed by atoms with E-state index >= 15 is 0 Å². The predicted octanol–water partition coefficient (Wildman–Crippen LogP) is 2.24. The smallest absolute Gasteiger partial charge is 0.387 e. The van der Waals surface area contributed by atoms with Crippen molar-refractivity contribution in [1.82, 2.24) is 25.0 Å². The van der Waals surface area contributed by atoms with Crippen molar-refractivity contribution in [2.24, 2.45) is 12.0 Å². The van der Waals surface area contributed by atoms with Crippen LogP contribution in [-0.4, -0.2) is 46.3 Å². The molecule has 0 saturated heterocycles. The molecule has 7 nitrogen and oxygen atoms in total. The molecule has 0 spiro atoms. The number of hydrogen-bond donors (Lipinski definition) is 1. The third-order valence-corrected chi connectivity index (χ3v) is 3.35. The molecule has 0 radical (unpaired) electrons. The van der Waals surface area contributed by atoms with Crippen molar-refractivity contribution in [2.75, 3.05) is 14.1 Å². The van der Waals surface area contributed by atoms with Gasteiger partial charge in [0.25, 0.3) is 0 Å². The summed E-state index contributed by atoms with van der Waals surface area (Å²) >= 11 is 0. The fraction of sp³-hybridized carbons (Fsp3) is 0.400. The van der Waals surface area contributed by atoms with Gasteiger partial charge in [0.05, 0.1) is 6.54 Å². The third-order valence-electron chi connectivity index (χ3n) is 3.35. The molecular weight excluding hydrogens is 445 g/mol. The summed E-state index contributed by atoms with van der Waals surface area (Å²) in [5, 5.41) is 11.0. The highest BCUT2D eigenvalue weighted by molar-refractivity contribution is 14.0. The molecule has 0 aliphatic carbocycles. The Morgan fingerprint density at radius 3 is 2.56 bits per heavy atom. The van der Waals surface area contributed by atoms with Crippen LogP contribution in [0.2, 0.25) is 0 Å². The zero-order chi connectivity index (χ0) is 17.5. The van der Waals surface area contributed by atoms with Crippen molar-refractivity contribution in [2.45, 2.75) is 19.7 Å². The average molecular weight is 466 g/mol. The van der Waals surface area contributed by atoms with E-state index in [1.807, 2.05) is 23.6 Å². The first-order valence-corrected chi connectivity index (χ1v) is 7.28. The van der Waals surface area contributed by atoms with E-state index in [0.29, 0.717) is 19.0 Å². The quantitative estimate of drug-likeness (QED) is 0.402. The second-order valence-electron chi connectivity index (χ2n) is 5.14. The Kier molecular flexibility index (Phi) is 8.52. The van der Waals surface area contributed by atoms with Crippen molar-refractivity contribution in [3.63, 3.8) is 0 Å². The molecule has 1 aromatic heterocycles. The van der Waals surface area contributed by atoms with E-state index in [1.54, 1.807) is 25.5 Å². The van der Waals surface area contributed by atoms with Crippen LogP contribution in [0.25, 0.3) is 0 Å². The lowest BCUT2D eigenvalue weighted by molar-refractivity contribution is -0.0498. The molecule has 0 atom stereocenters. The van der Waals surface area contributed by atoms with E-state index in [9.17, 15) is 8.78 Å². The highest BCUT2D eigenvalue weighted by Crippen LogP contribution is 2.15. The molecule has 0 bridgehead atoms. The van der Waals surface area contributed by atoms with E-state index in [4.69, 9.17) is 0 Å². The van der Waals surface area contributed by atoms with Gasteiger partial charge in [0.1, 0.15) is 12.1 Å². The van der Waals surface area contributed by atoms with Gasteiger partial charge in [-0.3, -0.25) is 4.99 Å². The number of ether oxygens (including phenoxy) is 1. The van der Waals surface area contributed by atoms with E-state index in [2.05, 4.69) is 25.2 Å². The minimum atomic E-state index is -2.82. The van der Waals surface area contributed by atoms with Crippen LogP contribution in [-0.2, 0) is 20.1 Å². The Balaban J connectivity index is 0.00000312. The topological polar surface area (TPSA) is 67.6 Å². The maximum absolute atomic E-state index is 12.1. The number of guanidine groups is 1. The van der Waals surface area contributed by atoms with Crippen LogP contribution in [0.5, 0.6) is 5.75 Å². The largest absolute Gasteiger partial charge is 0.435 e. The standard InChI is InChI=1S/C15H20F2N6O.HI/c1-18-15(19-8-13-21-20-10-23(13)3)22(2)9-11-4-6-12(7-5-11)24-14(16)17;/h4-7,10,14H,8-9H2,1-3H3,(H,18,19);1H. The second kappa shape index (κ2) is 10.1. The monoisotopic (exact) mass is 466 g/mol. The lowest BCUT2D eigenvalue weighted by Crippen LogP contribution is -2.38. The van der Waals surface area contributed by atoms with Gasteiger partial charge in [-0.25, -0.2) is 0 Å². The maximum atomic E-state index is 12.1. The Labute approximate surface area is 162 Å². The molecule has 2 rings (SSSR count). The first kappa shape index (κ1) is 21.1. The van der Waals surface area contributed by atoms with Crippen LogP contribution >= 0.6 is 24.0 Å². The van der Waals surface area contributed by atoms with E-state index in [0.717, 1.165) is 11.4 Å². The van der Waals surface area contributed by atoms with E-state index in [-0.39, 0.29) is 29.7 Å². The van der Waals surface area contributed by atoms with Crippen molar-refractivity contribution in [1.29, 1.82) is 0 Å². The third kappa shape index (κ3) is 6.44. The van der Waals surface area contributed by atoms with Crippen LogP contribution in [0.3, 0.4) is 0 Å². The van der Waals surface area contributed by atoms with Crippen molar-refractivity contribution >= 4 is 29.9 Å². The molecule has 1 heterocycles. The Morgan fingerprint density at radius 2 is 2.04 bits per heavy atom. The van der Waals surface area contributed by atoms with Crippen molar-refractivity contribution < 1.29 is 13.5 Å². The molecule has 0 amide bonds. The summed E-state index contributed by atoms with van der Waals surface area (Å²) in [6.45, 7) is -1.76. The molecule has 2 aromatic rings. The van der Waals surface area contributed by atoms with Gasteiger partial charge >= 0.3 is 6.61 Å². The zero-order valence-electron chi connectivity index (χ0n) is 14.2. The first-order chi connectivity index (χ1) is 11.5. The number of benzene rings is 1.